The van der Waals surface area contributed by atoms with Crippen molar-refractivity contribution < 1.29 is 18.3 Å². The smallest absolute Gasteiger partial charge is 0.343 e. The number of H-pyrrole nitrogens is 1. The number of aryl methyl sites for hydroxylation is 1. The van der Waals surface area contributed by atoms with E-state index in [1.54, 1.807) is 44.2 Å². The highest BCUT2D eigenvalue weighted by Gasteiger charge is 2.25. The van der Waals surface area contributed by atoms with Crippen LogP contribution in [0.1, 0.15) is 29.8 Å². The number of hydrogen-bond acceptors (Lipinski definition) is 3. The zero-order chi connectivity index (χ0) is 18.8. The number of aromatic nitrogens is 1. The fourth-order valence-corrected chi connectivity index (χ4v) is 3.02. The molecular weight excluding hydrogens is 340 g/mol. The van der Waals surface area contributed by atoms with Crippen LogP contribution in [0, 0.1) is 11.6 Å². The average molecular weight is 357 g/mol. The lowest BCUT2D eigenvalue weighted by Crippen LogP contribution is -2.20. The number of carbonyl (C=O) groups excluding carboxylic acids is 1. The molecule has 26 heavy (non-hydrogen) atoms. The predicted molar refractivity (Wildman–Crippen MR) is 95.3 cm³/mol. The van der Waals surface area contributed by atoms with Gasteiger partial charge >= 0.3 is 5.97 Å². The second-order valence-electron chi connectivity index (χ2n) is 5.70. The fraction of sp³-hybridized carbons (Fsp3) is 0.200. The number of pyridine rings is 1. The molecule has 1 heterocycles. The molecule has 0 aliphatic heterocycles. The maximum absolute atomic E-state index is 15.1. The molecule has 3 aromatic rings. The van der Waals surface area contributed by atoms with E-state index in [2.05, 4.69) is 4.98 Å². The molecule has 0 amide bonds. The monoisotopic (exact) mass is 357 g/mol. The third-order valence-corrected chi connectivity index (χ3v) is 4.22. The maximum atomic E-state index is 15.1. The van der Waals surface area contributed by atoms with Gasteiger partial charge in [0.2, 0.25) is 5.43 Å². The van der Waals surface area contributed by atoms with Crippen LogP contribution in [0.25, 0.3) is 22.0 Å². The molecule has 3 rings (SSSR count). The van der Waals surface area contributed by atoms with Crippen molar-refractivity contribution in [2.45, 2.75) is 20.3 Å². The van der Waals surface area contributed by atoms with Crippen molar-refractivity contribution in [3.05, 3.63) is 69.5 Å². The summed E-state index contributed by atoms with van der Waals surface area (Å²) in [4.78, 5) is 27.3. The van der Waals surface area contributed by atoms with Gasteiger partial charge in [-0.2, -0.15) is 0 Å². The van der Waals surface area contributed by atoms with Gasteiger partial charge in [0.1, 0.15) is 11.4 Å². The Morgan fingerprint density at radius 1 is 1.12 bits per heavy atom. The van der Waals surface area contributed by atoms with E-state index in [0.29, 0.717) is 5.56 Å². The first-order valence-electron chi connectivity index (χ1n) is 8.28. The molecule has 0 fully saturated rings. The summed E-state index contributed by atoms with van der Waals surface area (Å²) >= 11 is 0. The number of halogens is 2. The van der Waals surface area contributed by atoms with Gasteiger partial charge in [0.05, 0.1) is 23.1 Å². The summed E-state index contributed by atoms with van der Waals surface area (Å²) in [5, 5.41) is -0.160. The van der Waals surface area contributed by atoms with Crippen molar-refractivity contribution in [2.24, 2.45) is 0 Å². The molecule has 6 heteroatoms. The number of hydrogen-bond donors (Lipinski definition) is 1. The minimum Gasteiger partial charge on any atom is -0.462 e. The summed E-state index contributed by atoms with van der Waals surface area (Å²) in [6.07, 6.45) is 1.27. The summed E-state index contributed by atoms with van der Waals surface area (Å²) in [6, 6.07) is 8.29. The molecule has 0 bridgehead atoms. The van der Waals surface area contributed by atoms with Crippen LogP contribution in [0.5, 0.6) is 0 Å². The van der Waals surface area contributed by atoms with Gasteiger partial charge in [0.25, 0.3) is 0 Å². The Balaban J connectivity index is 2.40. The maximum Gasteiger partial charge on any atom is 0.343 e. The number of carbonyl (C=O) groups is 1. The lowest BCUT2D eigenvalue weighted by atomic mass is 9.95. The summed E-state index contributed by atoms with van der Waals surface area (Å²) in [5.74, 6) is -2.49. The molecule has 0 radical (unpaired) electrons. The molecule has 0 saturated carbocycles. The zero-order valence-electron chi connectivity index (χ0n) is 14.4. The number of nitrogens with one attached hydrogen (secondary N) is 1. The quantitative estimate of drug-likeness (QED) is 0.712. The van der Waals surface area contributed by atoms with Crippen LogP contribution in [0.4, 0.5) is 8.78 Å². The van der Waals surface area contributed by atoms with Gasteiger partial charge in [0.15, 0.2) is 5.82 Å². The zero-order valence-corrected chi connectivity index (χ0v) is 14.4. The van der Waals surface area contributed by atoms with E-state index in [1.165, 1.54) is 0 Å². The first-order valence-corrected chi connectivity index (χ1v) is 8.28. The van der Waals surface area contributed by atoms with E-state index in [9.17, 15) is 9.59 Å². The van der Waals surface area contributed by atoms with E-state index < -0.39 is 23.0 Å². The lowest BCUT2D eigenvalue weighted by molar-refractivity contribution is 0.0524. The van der Waals surface area contributed by atoms with Gasteiger partial charge in [-0.15, -0.1) is 0 Å². The lowest BCUT2D eigenvalue weighted by Gasteiger charge is -2.14. The number of benzene rings is 2. The highest BCUT2D eigenvalue weighted by atomic mass is 19.1. The first kappa shape index (κ1) is 17.8. The van der Waals surface area contributed by atoms with Crippen LogP contribution < -0.4 is 5.43 Å². The molecule has 0 spiro atoms. The fourth-order valence-electron chi connectivity index (χ4n) is 3.02. The molecule has 4 nitrogen and oxygen atoms in total. The molecule has 1 N–H and O–H groups in total. The van der Waals surface area contributed by atoms with Crippen LogP contribution in [0.15, 0.2) is 41.3 Å². The Hall–Kier alpha value is -3.02. The van der Waals surface area contributed by atoms with Crippen LogP contribution in [-0.4, -0.2) is 17.6 Å². The number of aromatic amines is 1. The second kappa shape index (κ2) is 7.07. The molecule has 0 aliphatic rings. The number of ether oxygens (including phenoxy) is 1. The van der Waals surface area contributed by atoms with Crippen LogP contribution in [-0.2, 0) is 11.2 Å². The second-order valence-corrected chi connectivity index (χ2v) is 5.70. The van der Waals surface area contributed by atoms with Crippen molar-refractivity contribution >= 4 is 16.9 Å². The van der Waals surface area contributed by atoms with E-state index >= 15 is 8.78 Å². The molecule has 0 aliphatic carbocycles. The topological polar surface area (TPSA) is 59.2 Å². The van der Waals surface area contributed by atoms with Crippen LogP contribution >= 0.6 is 0 Å². The molecule has 0 atom stereocenters. The van der Waals surface area contributed by atoms with E-state index in [1.807, 2.05) is 0 Å². The van der Waals surface area contributed by atoms with Gasteiger partial charge in [0, 0.05) is 11.8 Å². The standard InChI is InChI=1S/C20H17F2NO3/c1-3-12-15-18(23-10-13(19(15)24)20(25)26-4-2)17(22)14(16(12)21)11-8-6-5-7-9-11/h5-10H,3-4H2,1-2H3,(H,23,24). The molecule has 134 valence electrons. The number of esters is 1. The van der Waals surface area contributed by atoms with Gasteiger partial charge in [-0.1, -0.05) is 37.3 Å². The predicted octanol–water partition coefficient (Wildman–Crippen LogP) is 4.21. The van der Waals surface area contributed by atoms with E-state index in [-0.39, 0.29) is 40.6 Å². The molecule has 2 aromatic carbocycles. The molecular formula is C20H17F2NO3. The highest BCUT2D eigenvalue weighted by molar-refractivity contribution is 5.96. The van der Waals surface area contributed by atoms with Crippen LogP contribution in [0.2, 0.25) is 0 Å². The number of rotatable bonds is 4. The molecule has 0 saturated heterocycles. The normalized spacial score (nSPS) is 10.9. The number of fused-ring (bicyclic) bond motifs is 1. The third kappa shape index (κ3) is 2.77. The summed E-state index contributed by atoms with van der Waals surface area (Å²) in [6.45, 7) is 3.36. The van der Waals surface area contributed by atoms with Crippen molar-refractivity contribution in [3.8, 4) is 11.1 Å². The summed E-state index contributed by atoms with van der Waals surface area (Å²) < 4.78 is 35.0. The SMILES string of the molecule is CCOC(=O)c1c[nH]c2c(F)c(-c3ccccc3)c(F)c(CC)c2c1=O. The Labute approximate surface area is 148 Å². The highest BCUT2D eigenvalue weighted by Crippen LogP contribution is 2.33. The first-order chi connectivity index (χ1) is 12.5. The van der Waals surface area contributed by atoms with Crippen molar-refractivity contribution in [2.75, 3.05) is 6.61 Å². The van der Waals surface area contributed by atoms with Crippen molar-refractivity contribution in [1.29, 1.82) is 0 Å². The largest absolute Gasteiger partial charge is 0.462 e. The van der Waals surface area contributed by atoms with E-state index in [0.717, 1.165) is 6.20 Å². The van der Waals surface area contributed by atoms with Gasteiger partial charge in [-0.3, -0.25) is 4.79 Å². The van der Waals surface area contributed by atoms with Crippen LogP contribution in [0.3, 0.4) is 0 Å². The van der Waals surface area contributed by atoms with Crippen molar-refractivity contribution in [1.82, 2.24) is 4.98 Å². The Morgan fingerprint density at radius 2 is 1.81 bits per heavy atom. The van der Waals surface area contributed by atoms with E-state index in [4.69, 9.17) is 4.74 Å². The Morgan fingerprint density at radius 3 is 2.42 bits per heavy atom. The van der Waals surface area contributed by atoms with Gasteiger partial charge in [-0.05, 0) is 18.9 Å². The Bertz CT molecular complexity index is 1040. The summed E-state index contributed by atoms with van der Waals surface area (Å²) in [7, 11) is 0. The minimum absolute atomic E-state index is 0.0626. The van der Waals surface area contributed by atoms with Gasteiger partial charge < -0.3 is 9.72 Å². The van der Waals surface area contributed by atoms with Crippen molar-refractivity contribution in [3.63, 3.8) is 0 Å². The minimum atomic E-state index is -0.867. The third-order valence-electron chi connectivity index (χ3n) is 4.22. The summed E-state index contributed by atoms with van der Waals surface area (Å²) in [5.41, 5.74) is -0.913. The Kier molecular flexibility index (Phi) is 4.84. The van der Waals surface area contributed by atoms with Gasteiger partial charge in [-0.25, -0.2) is 13.6 Å². The average Bonchev–Trinajstić information content (AvgIpc) is 2.64. The molecule has 1 aromatic heterocycles. The molecule has 0 unspecified atom stereocenters.